The lowest BCUT2D eigenvalue weighted by molar-refractivity contribution is 1.20. The molecule has 0 atom stereocenters. The van der Waals surface area contributed by atoms with Crippen molar-refractivity contribution in [3.8, 4) is 11.3 Å². The SMILES string of the molecule is Clc1nccnc1-c1ccncc1. The smallest absolute Gasteiger partial charge is 0.155 e. The third-order valence-electron chi connectivity index (χ3n) is 1.61. The van der Waals surface area contributed by atoms with E-state index in [2.05, 4.69) is 15.0 Å². The van der Waals surface area contributed by atoms with Gasteiger partial charge in [-0.15, -0.1) is 0 Å². The molecule has 4 heteroatoms. The van der Waals surface area contributed by atoms with Gasteiger partial charge in [0, 0.05) is 30.4 Å². The van der Waals surface area contributed by atoms with E-state index in [1.165, 1.54) is 0 Å². The normalized spacial score (nSPS) is 9.92. The van der Waals surface area contributed by atoms with Crippen LogP contribution in [0.1, 0.15) is 0 Å². The fourth-order valence-corrected chi connectivity index (χ4v) is 1.24. The summed E-state index contributed by atoms with van der Waals surface area (Å²) in [5.74, 6) is 0. The number of pyridine rings is 1. The van der Waals surface area contributed by atoms with E-state index >= 15 is 0 Å². The first kappa shape index (κ1) is 8.13. The van der Waals surface area contributed by atoms with Gasteiger partial charge < -0.3 is 0 Å². The van der Waals surface area contributed by atoms with Crippen molar-refractivity contribution in [2.75, 3.05) is 0 Å². The molecule has 2 heterocycles. The van der Waals surface area contributed by atoms with Crippen molar-refractivity contribution in [3.05, 3.63) is 42.1 Å². The van der Waals surface area contributed by atoms with Gasteiger partial charge in [-0.3, -0.25) is 9.97 Å². The Kier molecular flexibility index (Phi) is 2.19. The topological polar surface area (TPSA) is 38.7 Å². The molecule has 0 aromatic carbocycles. The highest BCUT2D eigenvalue weighted by molar-refractivity contribution is 6.31. The third-order valence-corrected chi connectivity index (χ3v) is 1.88. The van der Waals surface area contributed by atoms with Crippen LogP contribution in [0.15, 0.2) is 36.9 Å². The number of nitrogens with zero attached hydrogens (tertiary/aromatic N) is 3. The van der Waals surface area contributed by atoms with Gasteiger partial charge in [0.2, 0.25) is 0 Å². The molecule has 2 aromatic heterocycles. The van der Waals surface area contributed by atoms with Crippen molar-refractivity contribution in [2.24, 2.45) is 0 Å². The van der Waals surface area contributed by atoms with Gasteiger partial charge in [-0.05, 0) is 12.1 Å². The molecule has 64 valence electrons. The van der Waals surface area contributed by atoms with Crippen LogP contribution in [0.5, 0.6) is 0 Å². The molecule has 0 aliphatic carbocycles. The Morgan fingerprint density at radius 2 is 1.62 bits per heavy atom. The van der Waals surface area contributed by atoms with E-state index in [0.717, 1.165) is 5.56 Å². The van der Waals surface area contributed by atoms with Gasteiger partial charge in [-0.25, -0.2) is 4.98 Å². The average Bonchev–Trinajstić information content (AvgIpc) is 2.20. The van der Waals surface area contributed by atoms with E-state index in [4.69, 9.17) is 11.6 Å². The lowest BCUT2D eigenvalue weighted by Gasteiger charge is -1.99. The number of hydrogen-bond donors (Lipinski definition) is 0. The predicted octanol–water partition coefficient (Wildman–Crippen LogP) is 2.19. The van der Waals surface area contributed by atoms with Gasteiger partial charge in [0.15, 0.2) is 5.15 Å². The molecule has 0 fully saturated rings. The summed E-state index contributed by atoms with van der Waals surface area (Å²) in [6.07, 6.45) is 6.56. The molecule has 0 saturated heterocycles. The standard InChI is InChI=1S/C9H6ClN3/c10-9-8(12-5-6-13-9)7-1-3-11-4-2-7/h1-6H. The largest absolute Gasteiger partial charge is 0.265 e. The van der Waals surface area contributed by atoms with Gasteiger partial charge in [0.1, 0.15) is 5.69 Å². The predicted molar refractivity (Wildman–Crippen MR) is 50.3 cm³/mol. The van der Waals surface area contributed by atoms with Crippen LogP contribution in [0.2, 0.25) is 5.15 Å². The molecule has 0 amide bonds. The lowest BCUT2D eigenvalue weighted by atomic mass is 10.2. The molecule has 0 bridgehead atoms. The fourth-order valence-electron chi connectivity index (χ4n) is 1.02. The Morgan fingerprint density at radius 3 is 2.31 bits per heavy atom. The Morgan fingerprint density at radius 1 is 0.923 bits per heavy atom. The van der Waals surface area contributed by atoms with Crippen molar-refractivity contribution < 1.29 is 0 Å². The summed E-state index contributed by atoms with van der Waals surface area (Å²) >= 11 is 5.86. The summed E-state index contributed by atoms with van der Waals surface area (Å²) in [6, 6.07) is 3.69. The second-order valence-electron chi connectivity index (χ2n) is 2.43. The molecule has 2 rings (SSSR count). The van der Waals surface area contributed by atoms with Gasteiger partial charge in [0.05, 0.1) is 0 Å². The molecular weight excluding hydrogens is 186 g/mol. The van der Waals surface area contributed by atoms with Crippen LogP contribution in [0, 0.1) is 0 Å². The van der Waals surface area contributed by atoms with Gasteiger partial charge in [0.25, 0.3) is 0 Å². The second-order valence-corrected chi connectivity index (χ2v) is 2.79. The maximum absolute atomic E-state index is 5.86. The van der Waals surface area contributed by atoms with Crippen LogP contribution < -0.4 is 0 Å². The van der Waals surface area contributed by atoms with E-state index in [0.29, 0.717) is 10.8 Å². The Bertz CT molecular complexity index is 403. The van der Waals surface area contributed by atoms with Crippen molar-refractivity contribution in [1.29, 1.82) is 0 Å². The minimum Gasteiger partial charge on any atom is -0.265 e. The molecule has 0 radical (unpaired) electrons. The van der Waals surface area contributed by atoms with E-state index in [1.807, 2.05) is 12.1 Å². The van der Waals surface area contributed by atoms with E-state index in [-0.39, 0.29) is 0 Å². The Labute approximate surface area is 80.5 Å². The van der Waals surface area contributed by atoms with Crippen molar-refractivity contribution in [2.45, 2.75) is 0 Å². The molecule has 0 unspecified atom stereocenters. The van der Waals surface area contributed by atoms with Crippen LogP contribution in [-0.2, 0) is 0 Å². The van der Waals surface area contributed by atoms with Gasteiger partial charge in [-0.2, -0.15) is 0 Å². The number of aromatic nitrogens is 3. The summed E-state index contributed by atoms with van der Waals surface area (Å²) in [5, 5.41) is 0.411. The van der Waals surface area contributed by atoms with Gasteiger partial charge >= 0.3 is 0 Å². The zero-order valence-electron chi connectivity index (χ0n) is 6.68. The molecule has 13 heavy (non-hydrogen) atoms. The monoisotopic (exact) mass is 191 g/mol. The zero-order valence-corrected chi connectivity index (χ0v) is 7.44. The zero-order chi connectivity index (χ0) is 9.10. The summed E-state index contributed by atoms with van der Waals surface area (Å²) in [4.78, 5) is 12.0. The highest BCUT2D eigenvalue weighted by atomic mass is 35.5. The highest BCUT2D eigenvalue weighted by Crippen LogP contribution is 2.21. The Hall–Kier alpha value is -1.48. The summed E-state index contributed by atoms with van der Waals surface area (Å²) in [5.41, 5.74) is 1.61. The molecule has 0 aliphatic heterocycles. The molecule has 0 N–H and O–H groups in total. The third kappa shape index (κ3) is 1.65. The van der Waals surface area contributed by atoms with Crippen LogP contribution in [0.4, 0.5) is 0 Å². The summed E-state index contributed by atoms with van der Waals surface area (Å²) in [7, 11) is 0. The quantitative estimate of drug-likeness (QED) is 0.694. The second kappa shape index (κ2) is 3.49. The highest BCUT2D eigenvalue weighted by Gasteiger charge is 2.03. The molecular formula is C9H6ClN3. The van der Waals surface area contributed by atoms with Crippen LogP contribution >= 0.6 is 11.6 Å². The number of rotatable bonds is 1. The average molecular weight is 192 g/mol. The van der Waals surface area contributed by atoms with Crippen LogP contribution in [-0.4, -0.2) is 15.0 Å². The minimum atomic E-state index is 0.411. The lowest BCUT2D eigenvalue weighted by Crippen LogP contribution is -1.86. The van der Waals surface area contributed by atoms with Crippen LogP contribution in [0.3, 0.4) is 0 Å². The van der Waals surface area contributed by atoms with Crippen molar-refractivity contribution in [3.63, 3.8) is 0 Å². The first-order chi connectivity index (χ1) is 6.38. The van der Waals surface area contributed by atoms with Crippen molar-refractivity contribution in [1.82, 2.24) is 15.0 Å². The maximum Gasteiger partial charge on any atom is 0.155 e. The minimum absolute atomic E-state index is 0.411. The Balaban J connectivity index is 2.54. The maximum atomic E-state index is 5.86. The van der Waals surface area contributed by atoms with E-state index < -0.39 is 0 Å². The first-order valence-corrected chi connectivity index (χ1v) is 4.12. The number of halogens is 1. The van der Waals surface area contributed by atoms with E-state index in [1.54, 1.807) is 24.8 Å². The van der Waals surface area contributed by atoms with Crippen LogP contribution in [0.25, 0.3) is 11.3 Å². The fraction of sp³-hybridized carbons (Fsp3) is 0. The van der Waals surface area contributed by atoms with E-state index in [9.17, 15) is 0 Å². The summed E-state index contributed by atoms with van der Waals surface area (Å²) < 4.78 is 0. The number of hydrogen-bond acceptors (Lipinski definition) is 3. The summed E-state index contributed by atoms with van der Waals surface area (Å²) in [6.45, 7) is 0. The van der Waals surface area contributed by atoms with Crippen molar-refractivity contribution >= 4 is 11.6 Å². The van der Waals surface area contributed by atoms with Gasteiger partial charge in [-0.1, -0.05) is 11.6 Å². The molecule has 3 nitrogen and oxygen atoms in total. The molecule has 2 aromatic rings. The molecule has 0 saturated carbocycles. The molecule has 0 aliphatic rings. The first-order valence-electron chi connectivity index (χ1n) is 3.75. The molecule has 0 spiro atoms.